The third-order valence-electron chi connectivity index (χ3n) is 2.69. The molecule has 0 aromatic heterocycles. The normalized spacial score (nSPS) is 10.1. The van der Waals surface area contributed by atoms with Crippen LogP contribution in [-0.2, 0) is 0 Å². The molecule has 0 bridgehead atoms. The van der Waals surface area contributed by atoms with Crippen LogP contribution < -0.4 is 15.8 Å². The number of anilines is 2. The fourth-order valence-corrected chi connectivity index (χ4v) is 1.89. The highest BCUT2D eigenvalue weighted by Gasteiger charge is 2.11. The quantitative estimate of drug-likeness (QED) is 0.759. The van der Waals surface area contributed by atoms with E-state index >= 15 is 0 Å². The van der Waals surface area contributed by atoms with Crippen molar-refractivity contribution < 1.29 is 14.6 Å². The summed E-state index contributed by atoms with van der Waals surface area (Å²) in [5.74, 6) is -0.118. The molecule has 0 saturated heterocycles. The number of nitrogen functional groups attached to an aromatic ring is 1. The Morgan fingerprint density at radius 1 is 1.30 bits per heavy atom. The molecule has 2 aromatic carbocycles. The Morgan fingerprint density at radius 2 is 2.05 bits per heavy atom. The highest BCUT2D eigenvalue weighted by Crippen LogP contribution is 2.29. The smallest absolute Gasteiger partial charge is 0.257 e. The van der Waals surface area contributed by atoms with Crippen LogP contribution in [0.5, 0.6) is 11.5 Å². The third kappa shape index (κ3) is 2.95. The SMILES string of the molecule is COc1ccc(NC(=O)c2ccc(Cl)cc2N)cc1O. The van der Waals surface area contributed by atoms with Crippen LogP contribution in [0.4, 0.5) is 11.4 Å². The molecule has 0 saturated carbocycles. The number of ether oxygens (including phenoxy) is 1. The summed E-state index contributed by atoms with van der Waals surface area (Å²) in [6, 6.07) is 9.18. The summed E-state index contributed by atoms with van der Waals surface area (Å²) in [7, 11) is 1.45. The predicted octanol–water partition coefficient (Wildman–Crippen LogP) is 2.89. The summed E-state index contributed by atoms with van der Waals surface area (Å²) in [4.78, 5) is 12.1. The van der Waals surface area contributed by atoms with Crippen molar-refractivity contribution in [3.8, 4) is 11.5 Å². The molecule has 0 aliphatic rings. The van der Waals surface area contributed by atoms with Gasteiger partial charge in [0.05, 0.1) is 12.7 Å². The molecule has 0 atom stereocenters. The van der Waals surface area contributed by atoms with Crippen molar-refractivity contribution in [2.75, 3.05) is 18.2 Å². The van der Waals surface area contributed by atoms with Crippen molar-refractivity contribution in [2.24, 2.45) is 0 Å². The fraction of sp³-hybridized carbons (Fsp3) is 0.0714. The van der Waals surface area contributed by atoms with E-state index in [0.717, 1.165) is 0 Å². The number of carbonyl (C=O) groups excluding carboxylic acids is 1. The predicted molar refractivity (Wildman–Crippen MR) is 78.5 cm³/mol. The van der Waals surface area contributed by atoms with Crippen LogP contribution in [0.15, 0.2) is 36.4 Å². The lowest BCUT2D eigenvalue weighted by atomic mass is 10.1. The van der Waals surface area contributed by atoms with Gasteiger partial charge >= 0.3 is 0 Å². The van der Waals surface area contributed by atoms with Crippen LogP contribution in [0.3, 0.4) is 0 Å². The number of benzene rings is 2. The van der Waals surface area contributed by atoms with Crippen molar-refractivity contribution in [3.63, 3.8) is 0 Å². The average Bonchev–Trinajstić information content (AvgIpc) is 2.38. The van der Waals surface area contributed by atoms with Gasteiger partial charge in [-0.05, 0) is 30.3 Å². The monoisotopic (exact) mass is 292 g/mol. The molecule has 0 aliphatic carbocycles. The molecule has 20 heavy (non-hydrogen) atoms. The lowest BCUT2D eigenvalue weighted by Crippen LogP contribution is -2.13. The number of halogens is 1. The highest BCUT2D eigenvalue weighted by atomic mass is 35.5. The number of hydrogen-bond donors (Lipinski definition) is 3. The number of aromatic hydroxyl groups is 1. The first-order valence-electron chi connectivity index (χ1n) is 5.74. The van der Waals surface area contributed by atoms with Gasteiger partial charge in [-0.2, -0.15) is 0 Å². The summed E-state index contributed by atoms with van der Waals surface area (Å²) >= 11 is 5.78. The average molecular weight is 293 g/mol. The van der Waals surface area contributed by atoms with E-state index in [1.54, 1.807) is 18.2 Å². The van der Waals surface area contributed by atoms with Crippen LogP contribution >= 0.6 is 11.6 Å². The molecule has 1 amide bonds. The number of nitrogens with two attached hydrogens (primary N) is 1. The van der Waals surface area contributed by atoms with Gasteiger partial charge in [0.2, 0.25) is 0 Å². The van der Waals surface area contributed by atoms with Gasteiger partial charge < -0.3 is 20.9 Å². The van der Waals surface area contributed by atoms with Crippen molar-refractivity contribution in [2.45, 2.75) is 0 Å². The number of rotatable bonds is 3. The number of amides is 1. The fourth-order valence-electron chi connectivity index (χ4n) is 1.71. The van der Waals surface area contributed by atoms with E-state index in [1.807, 2.05) is 0 Å². The second kappa shape index (κ2) is 5.71. The summed E-state index contributed by atoms with van der Waals surface area (Å²) in [5, 5.41) is 12.7. The molecule has 2 aromatic rings. The number of phenolic OH excluding ortho intramolecular Hbond substituents is 1. The number of carbonyl (C=O) groups is 1. The van der Waals surface area contributed by atoms with Crippen LogP contribution in [0.25, 0.3) is 0 Å². The van der Waals surface area contributed by atoms with Crippen LogP contribution in [-0.4, -0.2) is 18.1 Å². The second-order valence-electron chi connectivity index (χ2n) is 4.07. The van der Waals surface area contributed by atoms with Gasteiger partial charge in [-0.15, -0.1) is 0 Å². The van der Waals surface area contributed by atoms with Gasteiger partial charge in [0.25, 0.3) is 5.91 Å². The number of methoxy groups -OCH3 is 1. The van der Waals surface area contributed by atoms with Crippen molar-refractivity contribution >= 4 is 28.9 Å². The lowest BCUT2D eigenvalue weighted by molar-refractivity contribution is 0.102. The van der Waals surface area contributed by atoms with Gasteiger partial charge in [-0.25, -0.2) is 0 Å². The molecule has 5 nitrogen and oxygen atoms in total. The zero-order chi connectivity index (χ0) is 14.7. The highest BCUT2D eigenvalue weighted by molar-refractivity contribution is 6.31. The van der Waals surface area contributed by atoms with E-state index in [2.05, 4.69) is 5.32 Å². The maximum absolute atomic E-state index is 12.1. The van der Waals surface area contributed by atoms with Gasteiger partial charge in [-0.3, -0.25) is 4.79 Å². The number of nitrogens with one attached hydrogen (secondary N) is 1. The Balaban J connectivity index is 2.21. The molecule has 104 valence electrons. The second-order valence-corrected chi connectivity index (χ2v) is 4.51. The van der Waals surface area contributed by atoms with E-state index in [1.165, 1.54) is 25.3 Å². The molecule has 0 aliphatic heterocycles. The minimum Gasteiger partial charge on any atom is -0.504 e. The molecule has 2 rings (SSSR count). The van der Waals surface area contributed by atoms with Crippen molar-refractivity contribution in [1.82, 2.24) is 0 Å². The number of phenols is 1. The Kier molecular flexibility index (Phi) is 4.00. The van der Waals surface area contributed by atoms with E-state index in [4.69, 9.17) is 22.1 Å². The molecule has 6 heteroatoms. The molecular formula is C14H13ClN2O3. The van der Waals surface area contributed by atoms with Gasteiger partial charge in [0, 0.05) is 22.5 Å². The Labute approximate surface area is 120 Å². The molecule has 0 spiro atoms. The third-order valence-corrected chi connectivity index (χ3v) is 2.93. The molecule has 0 fully saturated rings. The van der Waals surface area contributed by atoms with Crippen LogP contribution in [0.2, 0.25) is 5.02 Å². The summed E-state index contributed by atoms with van der Waals surface area (Å²) < 4.78 is 4.92. The van der Waals surface area contributed by atoms with Gasteiger partial charge in [0.1, 0.15) is 0 Å². The maximum Gasteiger partial charge on any atom is 0.257 e. The minimum absolute atomic E-state index is 0.0608. The number of hydrogen-bond acceptors (Lipinski definition) is 4. The first kappa shape index (κ1) is 14.0. The molecular weight excluding hydrogens is 280 g/mol. The largest absolute Gasteiger partial charge is 0.504 e. The molecule has 0 heterocycles. The van der Waals surface area contributed by atoms with Gasteiger partial charge in [-0.1, -0.05) is 11.6 Å². The minimum atomic E-state index is -0.385. The molecule has 4 N–H and O–H groups in total. The summed E-state index contributed by atoms with van der Waals surface area (Å²) in [5.41, 5.74) is 6.76. The zero-order valence-corrected chi connectivity index (χ0v) is 11.4. The maximum atomic E-state index is 12.1. The first-order chi connectivity index (χ1) is 9.51. The standard InChI is InChI=1S/C14H13ClN2O3/c1-20-13-5-3-9(7-12(13)18)17-14(19)10-4-2-8(15)6-11(10)16/h2-7,18H,16H2,1H3,(H,17,19). The Hall–Kier alpha value is -2.40. The van der Waals surface area contributed by atoms with Crippen molar-refractivity contribution in [1.29, 1.82) is 0 Å². The first-order valence-corrected chi connectivity index (χ1v) is 6.12. The molecule has 0 unspecified atom stereocenters. The van der Waals surface area contributed by atoms with Crippen LogP contribution in [0, 0.1) is 0 Å². The molecule has 0 radical (unpaired) electrons. The Bertz CT molecular complexity index is 659. The Morgan fingerprint density at radius 3 is 2.65 bits per heavy atom. The lowest BCUT2D eigenvalue weighted by Gasteiger charge is -2.09. The van der Waals surface area contributed by atoms with E-state index in [9.17, 15) is 9.90 Å². The summed E-state index contributed by atoms with van der Waals surface area (Å²) in [6.45, 7) is 0. The van der Waals surface area contributed by atoms with E-state index in [-0.39, 0.29) is 17.3 Å². The topological polar surface area (TPSA) is 84.6 Å². The van der Waals surface area contributed by atoms with Crippen LogP contribution in [0.1, 0.15) is 10.4 Å². The summed E-state index contributed by atoms with van der Waals surface area (Å²) in [6.07, 6.45) is 0. The van der Waals surface area contributed by atoms with E-state index in [0.29, 0.717) is 22.0 Å². The van der Waals surface area contributed by atoms with E-state index < -0.39 is 0 Å². The zero-order valence-electron chi connectivity index (χ0n) is 10.7. The van der Waals surface area contributed by atoms with Gasteiger partial charge in [0.15, 0.2) is 11.5 Å². The van der Waals surface area contributed by atoms with Crippen molar-refractivity contribution in [3.05, 3.63) is 47.0 Å².